The van der Waals surface area contributed by atoms with Gasteiger partial charge in [-0.05, 0) is 50.0 Å². The number of rotatable bonds is 5. The van der Waals surface area contributed by atoms with Crippen molar-refractivity contribution >= 4 is 0 Å². The SMILES string of the molecule is C=CCC(N)(CN1CCCCC1)c1ccc(F)cc1. The van der Waals surface area contributed by atoms with Gasteiger partial charge in [0, 0.05) is 6.54 Å². The summed E-state index contributed by atoms with van der Waals surface area (Å²) in [5.41, 5.74) is 7.10. The zero-order chi connectivity index (χ0) is 13.7. The Labute approximate surface area is 115 Å². The monoisotopic (exact) mass is 262 g/mol. The first-order chi connectivity index (χ1) is 9.14. The van der Waals surface area contributed by atoms with Crippen LogP contribution in [0.3, 0.4) is 0 Å². The summed E-state index contributed by atoms with van der Waals surface area (Å²) in [6.45, 7) is 6.84. The molecule has 0 saturated carbocycles. The summed E-state index contributed by atoms with van der Waals surface area (Å²) in [6, 6.07) is 6.55. The lowest BCUT2D eigenvalue weighted by Gasteiger charge is -2.37. The lowest BCUT2D eigenvalue weighted by Crippen LogP contribution is -2.48. The summed E-state index contributed by atoms with van der Waals surface area (Å²) in [5, 5.41) is 0. The van der Waals surface area contributed by atoms with Crippen LogP contribution in [-0.2, 0) is 5.54 Å². The van der Waals surface area contributed by atoms with E-state index in [0.717, 1.165) is 25.2 Å². The van der Waals surface area contributed by atoms with Gasteiger partial charge in [-0.1, -0.05) is 24.6 Å². The molecule has 1 heterocycles. The molecule has 1 aliphatic rings. The van der Waals surface area contributed by atoms with Gasteiger partial charge in [0.15, 0.2) is 0 Å². The van der Waals surface area contributed by atoms with E-state index in [9.17, 15) is 4.39 Å². The third kappa shape index (κ3) is 3.64. The summed E-state index contributed by atoms with van der Waals surface area (Å²) in [4.78, 5) is 2.41. The van der Waals surface area contributed by atoms with Crippen molar-refractivity contribution in [3.8, 4) is 0 Å². The smallest absolute Gasteiger partial charge is 0.123 e. The highest BCUT2D eigenvalue weighted by atomic mass is 19.1. The molecule has 1 aromatic rings. The topological polar surface area (TPSA) is 29.3 Å². The Kier molecular flexibility index (Phi) is 4.72. The van der Waals surface area contributed by atoms with E-state index < -0.39 is 5.54 Å². The molecule has 3 heteroatoms. The second kappa shape index (κ2) is 6.31. The molecule has 0 amide bonds. The molecule has 0 aromatic heterocycles. The van der Waals surface area contributed by atoms with Gasteiger partial charge < -0.3 is 10.6 Å². The van der Waals surface area contributed by atoms with Crippen LogP contribution in [-0.4, -0.2) is 24.5 Å². The zero-order valence-electron chi connectivity index (χ0n) is 11.4. The van der Waals surface area contributed by atoms with E-state index in [1.165, 1.54) is 31.4 Å². The van der Waals surface area contributed by atoms with Crippen molar-refractivity contribution in [1.29, 1.82) is 0 Å². The lowest BCUT2D eigenvalue weighted by molar-refractivity contribution is 0.178. The minimum Gasteiger partial charge on any atom is -0.320 e. The third-order valence-corrected chi connectivity index (χ3v) is 3.88. The molecule has 2 rings (SSSR count). The van der Waals surface area contributed by atoms with Crippen LogP contribution in [0.5, 0.6) is 0 Å². The van der Waals surface area contributed by atoms with Gasteiger partial charge in [0.25, 0.3) is 0 Å². The molecule has 2 nitrogen and oxygen atoms in total. The molecule has 104 valence electrons. The van der Waals surface area contributed by atoms with Crippen molar-refractivity contribution in [2.24, 2.45) is 5.73 Å². The van der Waals surface area contributed by atoms with E-state index >= 15 is 0 Å². The summed E-state index contributed by atoms with van der Waals surface area (Å²) in [7, 11) is 0. The molecule has 1 fully saturated rings. The van der Waals surface area contributed by atoms with E-state index in [4.69, 9.17) is 5.73 Å². The average Bonchev–Trinajstić information content (AvgIpc) is 2.40. The maximum Gasteiger partial charge on any atom is 0.123 e. The lowest BCUT2D eigenvalue weighted by atomic mass is 9.86. The van der Waals surface area contributed by atoms with Crippen molar-refractivity contribution in [1.82, 2.24) is 4.90 Å². The predicted molar refractivity (Wildman–Crippen MR) is 77.4 cm³/mol. The largest absolute Gasteiger partial charge is 0.320 e. The van der Waals surface area contributed by atoms with Crippen LogP contribution in [0.15, 0.2) is 36.9 Å². The van der Waals surface area contributed by atoms with E-state index in [1.807, 2.05) is 6.08 Å². The Balaban J connectivity index is 2.15. The predicted octanol–water partition coefficient (Wildman–Crippen LogP) is 3.04. The molecule has 0 spiro atoms. The minimum absolute atomic E-state index is 0.220. The van der Waals surface area contributed by atoms with Crippen LogP contribution in [0.4, 0.5) is 4.39 Å². The van der Waals surface area contributed by atoms with Crippen LogP contribution in [0, 0.1) is 5.82 Å². The van der Waals surface area contributed by atoms with Crippen LogP contribution in [0.25, 0.3) is 0 Å². The van der Waals surface area contributed by atoms with Gasteiger partial charge in [0.05, 0.1) is 5.54 Å². The summed E-state index contributed by atoms with van der Waals surface area (Å²) < 4.78 is 13.0. The second-order valence-corrected chi connectivity index (χ2v) is 5.49. The molecule has 19 heavy (non-hydrogen) atoms. The highest BCUT2D eigenvalue weighted by molar-refractivity contribution is 5.26. The van der Waals surface area contributed by atoms with Crippen molar-refractivity contribution in [2.45, 2.75) is 31.2 Å². The standard InChI is InChI=1S/C16H23FN2/c1-2-10-16(18,13-19-11-4-3-5-12-19)14-6-8-15(17)9-7-14/h2,6-9H,1,3-5,10-13,18H2. The van der Waals surface area contributed by atoms with Crippen molar-refractivity contribution in [3.05, 3.63) is 48.3 Å². The van der Waals surface area contributed by atoms with Gasteiger partial charge in [-0.3, -0.25) is 0 Å². The van der Waals surface area contributed by atoms with Gasteiger partial charge >= 0.3 is 0 Å². The number of halogens is 1. The van der Waals surface area contributed by atoms with Gasteiger partial charge in [-0.2, -0.15) is 0 Å². The van der Waals surface area contributed by atoms with Crippen molar-refractivity contribution in [2.75, 3.05) is 19.6 Å². The molecule has 1 saturated heterocycles. The highest BCUT2D eigenvalue weighted by Gasteiger charge is 2.29. The first-order valence-corrected chi connectivity index (χ1v) is 7.02. The number of nitrogens with two attached hydrogens (primary N) is 1. The number of hydrogen-bond acceptors (Lipinski definition) is 2. The van der Waals surface area contributed by atoms with Gasteiger partial charge in [0.2, 0.25) is 0 Å². The molecule has 0 bridgehead atoms. The number of likely N-dealkylation sites (tertiary alicyclic amines) is 1. The zero-order valence-corrected chi connectivity index (χ0v) is 11.4. The van der Waals surface area contributed by atoms with Gasteiger partial charge in [0.1, 0.15) is 5.82 Å². The van der Waals surface area contributed by atoms with E-state index in [1.54, 1.807) is 12.1 Å². The van der Waals surface area contributed by atoms with Crippen molar-refractivity contribution < 1.29 is 4.39 Å². The fraction of sp³-hybridized carbons (Fsp3) is 0.500. The number of benzene rings is 1. The Morgan fingerprint density at radius 3 is 2.42 bits per heavy atom. The molecule has 1 aliphatic heterocycles. The Bertz CT molecular complexity index is 409. The van der Waals surface area contributed by atoms with Crippen LogP contribution < -0.4 is 5.73 Å². The molecule has 1 aromatic carbocycles. The fourth-order valence-electron chi connectivity index (χ4n) is 2.83. The molecular weight excluding hydrogens is 239 g/mol. The first kappa shape index (κ1) is 14.2. The van der Waals surface area contributed by atoms with Crippen molar-refractivity contribution in [3.63, 3.8) is 0 Å². The Morgan fingerprint density at radius 2 is 1.84 bits per heavy atom. The maximum atomic E-state index is 13.0. The fourth-order valence-corrected chi connectivity index (χ4v) is 2.83. The molecular formula is C16H23FN2. The quantitative estimate of drug-likeness (QED) is 0.826. The first-order valence-electron chi connectivity index (χ1n) is 7.02. The summed E-state index contributed by atoms with van der Waals surface area (Å²) in [5.74, 6) is -0.220. The minimum atomic E-state index is -0.465. The average molecular weight is 262 g/mol. The normalized spacial score (nSPS) is 19.9. The molecule has 1 unspecified atom stereocenters. The number of piperidine rings is 1. The van der Waals surface area contributed by atoms with Gasteiger partial charge in [-0.15, -0.1) is 6.58 Å². The van der Waals surface area contributed by atoms with E-state index in [0.29, 0.717) is 6.42 Å². The van der Waals surface area contributed by atoms with Crippen LogP contribution >= 0.6 is 0 Å². The third-order valence-electron chi connectivity index (χ3n) is 3.88. The number of nitrogens with zero attached hydrogens (tertiary/aromatic N) is 1. The Morgan fingerprint density at radius 1 is 1.21 bits per heavy atom. The van der Waals surface area contributed by atoms with Crippen LogP contribution in [0.2, 0.25) is 0 Å². The highest BCUT2D eigenvalue weighted by Crippen LogP contribution is 2.25. The van der Waals surface area contributed by atoms with Gasteiger partial charge in [-0.25, -0.2) is 4.39 Å². The molecule has 2 N–H and O–H groups in total. The maximum absolute atomic E-state index is 13.0. The van der Waals surface area contributed by atoms with E-state index in [-0.39, 0.29) is 5.82 Å². The summed E-state index contributed by atoms with van der Waals surface area (Å²) in [6.07, 6.45) is 6.36. The Hall–Kier alpha value is -1.19. The number of hydrogen-bond donors (Lipinski definition) is 1. The van der Waals surface area contributed by atoms with E-state index in [2.05, 4.69) is 11.5 Å². The summed E-state index contributed by atoms with van der Waals surface area (Å²) >= 11 is 0. The molecule has 0 aliphatic carbocycles. The molecule has 0 radical (unpaired) electrons. The van der Waals surface area contributed by atoms with Crippen LogP contribution in [0.1, 0.15) is 31.2 Å². The second-order valence-electron chi connectivity index (χ2n) is 5.49. The molecule has 1 atom stereocenters.